The van der Waals surface area contributed by atoms with Crippen LogP contribution in [0.3, 0.4) is 0 Å². The van der Waals surface area contributed by atoms with Crippen molar-refractivity contribution >= 4 is 17.7 Å². The molecule has 0 radical (unpaired) electrons. The summed E-state index contributed by atoms with van der Waals surface area (Å²) in [6, 6.07) is 0.0871. The number of amides is 1. The van der Waals surface area contributed by atoms with Crippen LogP contribution < -0.4 is 10.6 Å². The number of carbonyl (C=O) groups is 1. The van der Waals surface area contributed by atoms with Gasteiger partial charge in [0.2, 0.25) is 5.91 Å². The molecule has 3 nitrogen and oxygen atoms in total. The molecular formula is C10H18N2OS. The van der Waals surface area contributed by atoms with E-state index in [1.54, 1.807) is 0 Å². The van der Waals surface area contributed by atoms with Crippen LogP contribution in [0.2, 0.25) is 0 Å². The average Bonchev–Trinajstić information content (AvgIpc) is 2.87. The van der Waals surface area contributed by atoms with Crippen molar-refractivity contribution in [2.75, 3.05) is 24.6 Å². The molecule has 2 aliphatic rings. The molecule has 0 aromatic heterocycles. The Balaban J connectivity index is 1.66. The van der Waals surface area contributed by atoms with Crippen LogP contribution in [-0.2, 0) is 4.79 Å². The summed E-state index contributed by atoms with van der Waals surface area (Å²) in [7, 11) is 0. The molecule has 0 aromatic rings. The maximum Gasteiger partial charge on any atom is 0.237 e. The molecule has 2 rings (SSSR count). The molecule has 1 unspecified atom stereocenters. The van der Waals surface area contributed by atoms with Gasteiger partial charge in [0.05, 0.1) is 6.04 Å². The lowest BCUT2D eigenvalue weighted by Gasteiger charge is -2.13. The average molecular weight is 214 g/mol. The van der Waals surface area contributed by atoms with Gasteiger partial charge in [-0.2, -0.15) is 11.8 Å². The molecule has 2 heterocycles. The van der Waals surface area contributed by atoms with Crippen molar-refractivity contribution in [1.29, 1.82) is 0 Å². The fraction of sp³-hybridized carbons (Fsp3) is 0.900. The molecule has 0 bridgehead atoms. The predicted octanol–water partition coefficient (Wildman–Crippen LogP) is 0.608. The van der Waals surface area contributed by atoms with Gasteiger partial charge < -0.3 is 10.6 Å². The van der Waals surface area contributed by atoms with E-state index in [2.05, 4.69) is 10.6 Å². The van der Waals surface area contributed by atoms with Crippen molar-refractivity contribution < 1.29 is 4.79 Å². The molecule has 0 spiro atoms. The van der Waals surface area contributed by atoms with Gasteiger partial charge in [-0.15, -0.1) is 0 Å². The van der Waals surface area contributed by atoms with E-state index < -0.39 is 0 Å². The first-order valence-electron chi connectivity index (χ1n) is 5.45. The highest BCUT2D eigenvalue weighted by atomic mass is 32.2. The van der Waals surface area contributed by atoms with Gasteiger partial charge in [0, 0.05) is 6.54 Å². The van der Waals surface area contributed by atoms with Crippen molar-refractivity contribution in [2.24, 2.45) is 5.92 Å². The predicted molar refractivity (Wildman–Crippen MR) is 59.5 cm³/mol. The number of rotatable bonds is 3. The Morgan fingerprint density at radius 3 is 3.07 bits per heavy atom. The highest BCUT2D eigenvalue weighted by Gasteiger charge is 2.23. The van der Waals surface area contributed by atoms with Crippen molar-refractivity contribution in [3.63, 3.8) is 0 Å². The van der Waals surface area contributed by atoms with Crippen molar-refractivity contribution in [2.45, 2.75) is 25.3 Å². The zero-order valence-electron chi connectivity index (χ0n) is 8.42. The Labute approximate surface area is 89.4 Å². The van der Waals surface area contributed by atoms with Crippen molar-refractivity contribution in [3.05, 3.63) is 0 Å². The summed E-state index contributed by atoms with van der Waals surface area (Å²) in [6.07, 6.45) is 3.41. The van der Waals surface area contributed by atoms with Gasteiger partial charge in [-0.25, -0.2) is 0 Å². The second-order valence-corrected chi connectivity index (χ2v) is 5.27. The molecule has 2 N–H and O–H groups in total. The SMILES string of the molecule is O=C(NCC1CCSC1)[C@H]1CCCN1. The third kappa shape index (κ3) is 2.64. The van der Waals surface area contributed by atoms with Crippen LogP contribution in [0.4, 0.5) is 0 Å². The van der Waals surface area contributed by atoms with E-state index in [9.17, 15) is 4.79 Å². The zero-order chi connectivity index (χ0) is 9.80. The van der Waals surface area contributed by atoms with Crippen LogP contribution in [0.5, 0.6) is 0 Å². The Kier molecular flexibility index (Phi) is 3.70. The number of hydrogen-bond acceptors (Lipinski definition) is 3. The summed E-state index contributed by atoms with van der Waals surface area (Å²) in [5.74, 6) is 3.41. The Hall–Kier alpha value is -0.220. The van der Waals surface area contributed by atoms with E-state index in [4.69, 9.17) is 0 Å². The Morgan fingerprint density at radius 2 is 2.43 bits per heavy atom. The fourth-order valence-corrected chi connectivity index (χ4v) is 3.31. The molecule has 1 amide bonds. The third-order valence-electron chi connectivity index (χ3n) is 2.97. The van der Waals surface area contributed by atoms with E-state index in [0.29, 0.717) is 5.92 Å². The summed E-state index contributed by atoms with van der Waals surface area (Å²) in [5, 5.41) is 6.27. The third-order valence-corrected chi connectivity index (χ3v) is 4.20. The van der Waals surface area contributed by atoms with E-state index in [1.807, 2.05) is 11.8 Å². The molecule has 14 heavy (non-hydrogen) atoms. The number of thioether (sulfide) groups is 1. The maximum absolute atomic E-state index is 11.6. The summed E-state index contributed by atoms with van der Waals surface area (Å²) < 4.78 is 0. The molecule has 4 heteroatoms. The van der Waals surface area contributed by atoms with Crippen LogP contribution >= 0.6 is 11.8 Å². The highest BCUT2D eigenvalue weighted by molar-refractivity contribution is 7.99. The lowest BCUT2D eigenvalue weighted by molar-refractivity contribution is -0.122. The monoisotopic (exact) mass is 214 g/mol. The summed E-state index contributed by atoms with van der Waals surface area (Å²) in [4.78, 5) is 11.6. The molecule has 0 saturated carbocycles. The van der Waals surface area contributed by atoms with Crippen LogP contribution in [0.1, 0.15) is 19.3 Å². The second-order valence-electron chi connectivity index (χ2n) is 4.12. The van der Waals surface area contributed by atoms with E-state index in [0.717, 1.165) is 25.9 Å². The minimum atomic E-state index is 0.0871. The first-order chi connectivity index (χ1) is 6.86. The molecule has 0 aliphatic carbocycles. The van der Waals surface area contributed by atoms with E-state index >= 15 is 0 Å². The molecule has 2 aliphatic heterocycles. The zero-order valence-corrected chi connectivity index (χ0v) is 9.24. The van der Waals surface area contributed by atoms with Gasteiger partial charge >= 0.3 is 0 Å². The highest BCUT2D eigenvalue weighted by Crippen LogP contribution is 2.22. The first kappa shape index (κ1) is 10.3. The number of nitrogens with one attached hydrogen (secondary N) is 2. The quantitative estimate of drug-likeness (QED) is 0.723. The van der Waals surface area contributed by atoms with E-state index in [1.165, 1.54) is 17.9 Å². The largest absolute Gasteiger partial charge is 0.354 e. The van der Waals surface area contributed by atoms with Crippen LogP contribution in [0, 0.1) is 5.92 Å². The fourth-order valence-electron chi connectivity index (χ4n) is 2.02. The maximum atomic E-state index is 11.6. The minimum absolute atomic E-state index is 0.0871. The lowest BCUT2D eigenvalue weighted by atomic mass is 10.1. The van der Waals surface area contributed by atoms with Crippen molar-refractivity contribution in [1.82, 2.24) is 10.6 Å². The lowest BCUT2D eigenvalue weighted by Crippen LogP contribution is -2.42. The summed E-state index contributed by atoms with van der Waals surface area (Å²) in [6.45, 7) is 1.88. The molecule has 80 valence electrons. The van der Waals surface area contributed by atoms with Gasteiger partial charge in [-0.05, 0) is 43.2 Å². The first-order valence-corrected chi connectivity index (χ1v) is 6.60. The normalized spacial score (nSPS) is 32.0. The van der Waals surface area contributed by atoms with Gasteiger partial charge in [0.1, 0.15) is 0 Å². The Bertz CT molecular complexity index is 198. The smallest absolute Gasteiger partial charge is 0.237 e. The summed E-state index contributed by atoms with van der Waals surface area (Å²) in [5.41, 5.74) is 0. The standard InChI is InChI=1S/C10H18N2OS/c13-10(9-2-1-4-11-9)12-6-8-3-5-14-7-8/h8-9,11H,1-7H2,(H,12,13)/t8?,9-/m1/s1. The topological polar surface area (TPSA) is 41.1 Å². The van der Waals surface area contributed by atoms with E-state index in [-0.39, 0.29) is 11.9 Å². The van der Waals surface area contributed by atoms with Crippen molar-refractivity contribution in [3.8, 4) is 0 Å². The molecule has 0 aromatic carbocycles. The second kappa shape index (κ2) is 5.03. The number of hydrogen-bond donors (Lipinski definition) is 2. The van der Waals surface area contributed by atoms with Gasteiger partial charge in [-0.3, -0.25) is 4.79 Å². The van der Waals surface area contributed by atoms with Gasteiger partial charge in [0.15, 0.2) is 0 Å². The molecule has 2 fully saturated rings. The van der Waals surface area contributed by atoms with Crippen LogP contribution in [0.25, 0.3) is 0 Å². The van der Waals surface area contributed by atoms with Crippen LogP contribution in [-0.4, -0.2) is 36.5 Å². The molecular weight excluding hydrogens is 196 g/mol. The minimum Gasteiger partial charge on any atom is -0.354 e. The summed E-state index contributed by atoms with van der Waals surface area (Å²) >= 11 is 2.00. The number of carbonyl (C=O) groups excluding carboxylic acids is 1. The van der Waals surface area contributed by atoms with Crippen LogP contribution in [0.15, 0.2) is 0 Å². The molecule has 2 saturated heterocycles. The Morgan fingerprint density at radius 1 is 1.50 bits per heavy atom. The van der Waals surface area contributed by atoms with Gasteiger partial charge in [-0.1, -0.05) is 0 Å². The molecule has 2 atom stereocenters. The van der Waals surface area contributed by atoms with Gasteiger partial charge in [0.25, 0.3) is 0 Å².